The molecule has 0 aromatic heterocycles. The number of carboxylic acids is 6. The van der Waals surface area contributed by atoms with Crippen molar-refractivity contribution in [2.24, 2.45) is 34.0 Å². The van der Waals surface area contributed by atoms with E-state index in [1.165, 1.54) is 44.9 Å². The van der Waals surface area contributed by atoms with Crippen molar-refractivity contribution in [3.8, 4) is 0 Å². The summed E-state index contributed by atoms with van der Waals surface area (Å²) in [5.74, 6) is -6.34. The minimum atomic E-state index is -1.47. The van der Waals surface area contributed by atoms with Gasteiger partial charge in [0.25, 0.3) is 0 Å². The topological polar surface area (TPSA) is 362 Å². The molecule has 0 unspecified atom stereocenters. The fraction of sp³-hybridized carbons (Fsp3) is 0.816. The Labute approximate surface area is 386 Å². The molecule has 0 aromatic rings. The van der Waals surface area contributed by atoms with Crippen molar-refractivity contribution in [3.63, 3.8) is 0 Å². The van der Waals surface area contributed by atoms with Crippen molar-refractivity contribution in [2.75, 3.05) is 0 Å². The number of hydrogen-bond acceptors (Lipinski definition) is 6. The van der Waals surface area contributed by atoms with Gasteiger partial charge < -0.3 is 67.1 Å². The minimum Gasteiger partial charge on any atom is -0.693 e. The van der Waals surface area contributed by atoms with Crippen LogP contribution in [0.25, 0.3) is 29.5 Å². The molecule has 6 saturated carbocycles. The molecule has 17 nitrogen and oxygen atoms in total. The Kier molecular flexibility index (Phi) is 35.8. The van der Waals surface area contributed by atoms with Gasteiger partial charge >= 0.3 is 99.0 Å². The van der Waals surface area contributed by atoms with Crippen LogP contribution in [0.1, 0.15) is 142 Å². The van der Waals surface area contributed by atoms with Crippen LogP contribution in [0.4, 0.5) is 0 Å². The molecule has 0 amide bonds. The van der Waals surface area contributed by atoms with Gasteiger partial charge in [-0.15, -0.1) is 12.1 Å². The summed E-state index contributed by atoms with van der Waals surface area (Å²) >= 11 is 0. The molecule has 0 aromatic carbocycles. The van der Waals surface area contributed by atoms with E-state index < -0.39 is 52.1 Å². The predicted octanol–water partition coefficient (Wildman–Crippen LogP) is 9.68. The Morgan fingerprint density at radius 1 is 0.448 bits per heavy atom. The predicted molar refractivity (Wildman–Crippen MR) is 208 cm³/mol. The molecule has 6 fully saturated rings. The molecule has 2 atom stereocenters. The van der Waals surface area contributed by atoms with Crippen LogP contribution in [0.15, 0.2) is 0 Å². The van der Waals surface area contributed by atoms with Crippen molar-refractivity contribution < 1.29 is 123 Å². The molecule has 0 saturated heterocycles. The number of nitrogens with two attached hydrogens (primary N) is 2. The number of rotatable bonds is 6. The number of nitrogens with one attached hydrogen (secondary N) is 3. The van der Waals surface area contributed by atoms with Gasteiger partial charge in [0.1, 0.15) is 0 Å². The summed E-state index contributed by atoms with van der Waals surface area (Å²) in [6, 6.07) is 0.735. The average molecular weight is 1370 g/mol. The SMILES string of the molecule is CC1CC(C(=O)O)(C(=O)O)C1.CC1CC(C(=O)O)(C(=O)O)C1.O=C(O)C1(C(=O)O)CCCC1.[CH2-][C@@H]1CCCC[C@H]1[NH-].[NH-]C1CCCC1.[NH-]C1CCCC1.[NH2-].[NH2-].[Pt+2].[Pt+2].[Pt+2]. The van der Waals surface area contributed by atoms with Crippen LogP contribution in [0.2, 0.25) is 0 Å². The van der Waals surface area contributed by atoms with E-state index in [9.17, 15) is 28.8 Å². The van der Waals surface area contributed by atoms with E-state index in [4.69, 9.17) is 47.8 Å². The van der Waals surface area contributed by atoms with Crippen LogP contribution >= 0.6 is 0 Å². The number of carboxylic acid groups (broad SMARTS) is 6. The standard InChI is InChI=1S/C7H13N.3C7H10O4.2C5H10N.2H2N.3Pt/c1-6-4-2-3-5-7(6)8;2*1-4-2-7(3-4,5(8)9)6(10)11;8-5(9)7(6(10)11)3-1-2-4-7;2*6-5-3-1-2-4-5;;;;;/h6-8H,1-5H2;2*4H,2-3H2,1H3,(H,8,9)(H,10,11);1-4H2,(H,8,9)(H,10,11);2*5-6H,1-4H2;2*1H2;;;/q-2;;;;4*-1;3*+2/t6-,7-;;;;;;;;;;/m1........../s1. The molecule has 0 spiro atoms. The molecule has 20 heteroatoms. The second-order valence-corrected chi connectivity index (χ2v) is 15.9. The van der Waals surface area contributed by atoms with Crippen LogP contribution in [0.3, 0.4) is 0 Å². The maximum atomic E-state index is 10.6. The van der Waals surface area contributed by atoms with Gasteiger partial charge in [0, 0.05) is 0 Å². The van der Waals surface area contributed by atoms with Gasteiger partial charge in [-0.05, 0) is 50.4 Å². The monoisotopic (exact) mass is 1370 g/mol. The summed E-state index contributed by atoms with van der Waals surface area (Å²) in [5, 5.41) is 51.7. The second kappa shape index (κ2) is 31.5. The third-order valence-electron chi connectivity index (χ3n) is 11.3. The zero-order valence-electron chi connectivity index (χ0n) is 33.5. The molecule has 13 N–H and O–H groups in total. The average Bonchev–Trinajstić information content (AvgIpc) is 3.84. The van der Waals surface area contributed by atoms with E-state index in [-0.39, 0.29) is 132 Å². The minimum absolute atomic E-state index is 0. The molecule has 6 rings (SSSR count). The second-order valence-electron chi connectivity index (χ2n) is 15.9. The zero-order chi connectivity index (χ0) is 40.6. The Balaban J connectivity index is -0.000000193. The molecule has 0 radical (unpaired) electrons. The first-order valence-corrected chi connectivity index (χ1v) is 19.0. The molecule has 6 aliphatic rings. The van der Waals surface area contributed by atoms with Gasteiger partial charge in [0.15, 0.2) is 16.2 Å². The quantitative estimate of drug-likeness (QED) is 0.107. The van der Waals surface area contributed by atoms with E-state index in [0.29, 0.717) is 30.8 Å². The summed E-state index contributed by atoms with van der Waals surface area (Å²) in [4.78, 5) is 63.2. The normalized spacial score (nSPS) is 23.3. The van der Waals surface area contributed by atoms with Crippen LogP contribution < -0.4 is 0 Å². The first-order valence-electron chi connectivity index (χ1n) is 19.0. The summed E-state index contributed by atoms with van der Waals surface area (Å²) in [6.45, 7) is 7.59. The molecule has 346 valence electrons. The third-order valence-corrected chi connectivity index (χ3v) is 11.3. The molecular formula is C38H67N5O12Pt3. The van der Waals surface area contributed by atoms with Crippen molar-refractivity contribution in [1.29, 1.82) is 0 Å². The molecule has 0 aliphatic heterocycles. The van der Waals surface area contributed by atoms with Gasteiger partial charge in [-0.3, -0.25) is 28.8 Å². The summed E-state index contributed by atoms with van der Waals surface area (Å²) in [5.41, 5.74) is 17.3. The zero-order valence-corrected chi connectivity index (χ0v) is 40.4. The Morgan fingerprint density at radius 3 is 0.810 bits per heavy atom. The van der Waals surface area contributed by atoms with Crippen molar-refractivity contribution in [3.05, 3.63) is 36.4 Å². The van der Waals surface area contributed by atoms with Crippen LogP contribution in [0.5, 0.6) is 0 Å². The Hall–Kier alpha value is -1.32. The van der Waals surface area contributed by atoms with Crippen LogP contribution in [-0.2, 0) is 92.0 Å². The van der Waals surface area contributed by atoms with Gasteiger partial charge in [-0.2, -0.15) is 12.0 Å². The first kappa shape index (κ1) is 65.8. The summed E-state index contributed by atoms with van der Waals surface area (Å²) in [7, 11) is 0. The molecular weight excluding hydrogens is 1300 g/mol. The van der Waals surface area contributed by atoms with Crippen molar-refractivity contribution in [1.82, 2.24) is 0 Å². The fourth-order valence-corrected chi connectivity index (χ4v) is 7.70. The summed E-state index contributed by atoms with van der Waals surface area (Å²) in [6.07, 6.45) is 17.6. The maximum absolute atomic E-state index is 10.6. The van der Waals surface area contributed by atoms with E-state index in [1.54, 1.807) is 0 Å². The van der Waals surface area contributed by atoms with Gasteiger partial charge in [-0.25, -0.2) is 0 Å². The number of hydrogen-bond donors (Lipinski definition) is 6. The molecule has 6 aliphatic carbocycles. The van der Waals surface area contributed by atoms with E-state index in [1.807, 2.05) is 13.8 Å². The fourth-order valence-electron chi connectivity index (χ4n) is 7.70. The maximum Gasteiger partial charge on any atom is 2.00 e. The van der Waals surface area contributed by atoms with E-state index in [2.05, 4.69) is 6.92 Å². The van der Waals surface area contributed by atoms with Crippen molar-refractivity contribution >= 4 is 35.8 Å². The van der Waals surface area contributed by atoms with Crippen LogP contribution in [0, 0.1) is 40.9 Å². The van der Waals surface area contributed by atoms with Gasteiger partial charge in [-0.1, -0.05) is 104 Å². The van der Waals surface area contributed by atoms with E-state index in [0.717, 1.165) is 32.1 Å². The van der Waals surface area contributed by atoms with Gasteiger partial charge in [0.2, 0.25) is 0 Å². The molecule has 58 heavy (non-hydrogen) atoms. The largest absolute Gasteiger partial charge is 2.00 e. The Morgan fingerprint density at radius 2 is 0.690 bits per heavy atom. The summed E-state index contributed by atoms with van der Waals surface area (Å²) < 4.78 is 0. The molecule has 0 heterocycles. The molecule has 0 bridgehead atoms. The smallest absolute Gasteiger partial charge is 0.693 e. The third kappa shape index (κ3) is 20.0. The van der Waals surface area contributed by atoms with Crippen molar-refractivity contribution in [2.45, 2.75) is 160 Å². The van der Waals surface area contributed by atoms with E-state index >= 15 is 0 Å². The van der Waals surface area contributed by atoms with Gasteiger partial charge in [0.05, 0.1) is 0 Å². The van der Waals surface area contributed by atoms with Crippen LogP contribution in [-0.4, -0.2) is 84.6 Å². The number of carbonyl (C=O) groups is 6. The Bertz CT molecular complexity index is 1100. The first-order chi connectivity index (χ1) is 24.7. The number of aliphatic carboxylic acids is 6.